The molecule has 1 aliphatic heterocycles. The van der Waals surface area contributed by atoms with Gasteiger partial charge < -0.3 is 9.84 Å². The number of hydrogen-bond acceptors (Lipinski definition) is 2. The predicted octanol–water partition coefficient (Wildman–Crippen LogP) is 3.59. The Morgan fingerprint density at radius 3 is 2.94 bits per heavy atom. The predicted molar refractivity (Wildman–Crippen MR) is 70.0 cm³/mol. The van der Waals surface area contributed by atoms with E-state index in [1.165, 1.54) is 24.8 Å². The number of aliphatic hydroxyl groups is 1. The van der Waals surface area contributed by atoms with E-state index in [0.717, 1.165) is 32.1 Å². The number of allylic oxidation sites excluding steroid dienone is 1. The van der Waals surface area contributed by atoms with Crippen molar-refractivity contribution in [1.29, 1.82) is 0 Å². The van der Waals surface area contributed by atoms with Crippen molar-refractivity contribution in [2.24, 2.45) is 0 Å². The van der Waals surface area contributed by atoms with E-state index in [0.29, 0.717) is 6.61 Å². The van der Waals surface area contributed by atoms with E-state index in [-0.39, 0.29) is 5.60 Å². The van der Waals surface area contributed by atoms with Gasteiger partial charge in [0.15, 0.2) is 0 Å². The van der Waals surface area contributed by atoms with Gasteiger partial charge in [0.25, 0.3) is 0 Å². The molecule has 17 heavy (non-hydrogen) atoms. The zero-order valence-electron chi connectivity index (χ0n) is 11.3. The summed E-state index contributed by atoms with van der Waals surface area (Å²) >= 11 is 0. The Balaban J connectivity index is 2.14. The summed E-state index contributed by atoms with van der Waals surface area (Å²) in [5.74, 6) is 0. The van der Waals surface area contributed by atoms with Crippen LogP contribution in [0.5, 0.6) is 0 Å². The molecule has 0 aromatic rings. The van der Waals surface area contributed by atoms with E-state index in [4.69, 9.17) is 4.74 Å². The molecule has 2 atom stereocenters. The molecule has 1 fully saturated rings. The third-order valence-electron chi connectivity index (χ3n) is 4.52. The van der Waals surface area contributed by atoms with Crippen LogP contribution >= 0.6 is 0 Å². The second kappa shape index (κ2) is 5.11. The summed E-state index contributed by atoms with van der Waals surface area (Å²) in [7, 11) is 0. The minimum Gasteiger partial charge on any atom is -0.385 e. The lowest BCUT2D eigenvalue weighted by Gasteiger charge is -2.44. The lowest BCUT2D eigenvalue weighted by Crippen LogP contribution is -2.48. The Morgan fingerprint density at radius 2 is 2.18 bits per heavy atom. The Kier molecular flexibility index (Phi) is 3.94. The lowest BCUT2D eigenvalue weighted by atomic mass is 9.76. The summed E-state index contributed by atoms with van der Waals surface area (Å²) in [5.41, 5.74) is 0.561. The number of hydrogen-bond donors (Lipinski definition) is 1. The van der Waals surface area contributed by atoms with Gasteiger partial charge in [-0.2, -0.15) is 0 Å². The molecule has 0 bridgehead atoms. The summed E-state index contributed by atoms with van der Waals surface area (Å²) in [6, 6.07) is 0. The van der Waals surface area contributed by atoms with Gasteiger partial charge in [0.05, 0.1) is 17.8 Å². The van der Waals surface area contributed by atoms with Crippen LogP contribution in [0.2, 0.25) is 0 Å². The van der Waals surface area contributed by atoms with Crippen molar-refractivity contribution >= 4 is 0 Å². The van der Waals surface area contributed by atoms with E-state index in [2.05, 4.69) is 19.9 Å². The van der Waals surface area contributed by atoms with E-state index in [1.54, 1.807) is 0 Å². The molecule has 2 aliphatic rings. The minimum atomic E-state index is -0.590. The van der Waals surface area contributed by atoms with Crippen LogP contribution in [0.25, 0.3) is 0 Å². The van der Waals surface area contributed by atoms with Gasteiger partial charge in [0.1, 0.15) is 0 Å². The van der Waals surface area contributed by atoms with Gasteiger partial charge in [-0.3, -0.25) is 0 Å². The van der Waals surface area contributed by atoms with E-state index >= 15 is 0 Å². The minimum absolute atomic E-state index is 0.139. The van der Waals surface area contributed by atoms with Crippen LogP contribution in [-0.4, -0.2) is 22.9 Å². The van der Waals surface area contributed by atoms with Crippen LogP contribution in [0.4, 0.5) is 0 Å². The smallest absolute Gasteiger partial charge is 0.0906 e. The molecule has 0 aromatic heterocycles. The monoisotopic (exact) mass is 238 g/mol. The van der Waals surface area contributed by atoms with Gasteiger partial charge in [-0.1, -0.05) is 19.4 Å². The molecule has 1 heterocycles. The molecule has 2 unspecified atom stereocenters. The number of ether oxygens (including phenoxy) is 1. The standard InChI is InChI=1S/C15H26O2/c1-3-14(2)12-15(16,10-11-17-14)13-8-6-4-5-7-9-13/h8,16H,3-7,9-12H2,1-2H3. The van der Waals surface area contributed by atoms with Crippen molar-refractivity contribution in [3.05, 3.63) is 11.6 Å². The first-order valence-corrected chi connectivity index (χ1v) is 7.14. The van der Waals surface area contributed by atoms with Gasteiger partial charge in [0.2, 0.25) is 0 Å². The topological polar surface area (TPSA) is 29.5 Å². The summed E-state index contributed by atoms with van der Waals surface area (Å²) in [5, 5.41) is 10.9. The highest BCUT2D eigenvalue weighted by molar-refractivity contribution is 5.20. The van der Waals surface area contributed by atoms with Crippen molar-refractivity contribution in [2.45, 2.75) is 76.4 Å². The summed E-state index contributed by atoms with van der Waals surface area (Å²) in [6.07, 6.45) is 10.8. The first-order valence-electron chi connectivity index (χ1n) is 7.14. The number of rotatable bonds is 2. The maximum atomic E-state index is 10.9. The second-order valence-corrected chi connectivity index (χ2v) is 5.94. The fraction of sp³-hybridized carbons (Fsp3) is 0.867. The molecule has 0 saturated carbocycles. The zero-order valence-corrected chi connectivity index (χ0v) is 11.3. The van der Waals surface area contributed by atoms with Crippen molar-refractivity contribution in [3.8, 4) is 0 Å². The highest BCUT2D eigenvalue weighted by Crippen LogP contribution is 2.41. The van der Waals surface area contributed by atoms with Crippen molar-refractivity contribution in [2.75, 3.05) is 6.61 Å². The van der Waals surface area contributed by atoms with Gasteiger partial charge in [0, 0.05) is 12.8 Å². The molecule has 0 radical (unpaired) electrons. The molecular weight excluding hydrogens is 212 g/mol. The highest BCUT2D eigenvalue weighted by Gasteiger charge is 2.43. The van der Waals surface area contributed by atoms with Gasteiger partial charge in [-0.05, 0) is 44.6 Å². The lowest BCUT2D eigenvalue weighted by molar-refractivity contribution is -0.140. The fourth-order valence-corrected chi connectivity index (χ4v) is 3.16. The fourth-order valence-electron chi connectivity index (χ4n) is 3.16. The maximum Gasteiger partial charge on any atom is 0.0906 e. The van der Waals surface area contributed by atoms with Crippen LogP contribution in [-0.2, 0) is 4.74 Å². The van der Waals surface area contributed by atoms with E-state index < -0.39 is 5.60 Å². The SMILES string of the molecule is CCC1(C)CC(O)(C2=CCCCCC2)CCO1. The maximum absolute atomic E-state index is 10.9. The average Bonchev–Trinajstić information content (AvgIpc) is 2.58. The molecule has 98 valence electrons. The summed E-state index contributed by atoms with van der Waals surface area (Å²) in [4.78, 5) is 0. The molecule has 2 heteroatoms. The van der Waals surface area contributed by atoms with Crippen LogP contribution in [0.15, 0.2) is 11.6 Å². The summed E-state index contributed by atoms with van der Waals surface area (Å²) in [6.45, 7) is 4.97. The Hall–Kier alpha value is -0.340. The van der Waals surface area contributed by atoms with Crippen LogP contribution in [0, 0.1) is 0 Å². The van der Waals surface area contributed by atoms with Gasteiger partial charge in [-0.25, -0.2) is 0 Å². The average molecular weight is 238 g/mol. The van der Waals surface area contributed by atoms with E-state index in [1.807, 2.05) is 0 Å². The molecule has 0 spiro atoms. The van der Waals surface area contributed by atoms with Crippen molar-refractivity contribution in [1.82, 2.24) is 0 Å². The molecule has 1 saturated heterocycles. The third-order valence-corrected chi connectivity index (χ3v) is 4.52. The molecule has 0 amide bonds. The molecule has 2 rings (SSSR count). The molecule has 1 N–H and O–H groups in total. The molecular formula is C15H26O2. The van der Waals surface area contributed by atoms with E-state index in [9.17, 15) is 5.11 Å². The second-order valence-electron chi connectivity index (χ2n) is 5.94. The van der Waals surface area contributed by atoms with Gasteiger partial charge >= 0.3 is 0 Å². The first-order chi connectivity index (χ1) is 8.08. The molecule has 1 aliphatic carbocycles. The molecule has 0 aromatic carbocycles. The zero-order chi connectivity index (χ0) is 12.4. The first kappa shape index (κ1) is 13.1. The van der Waals surface area contributed by atoms with Crippen LogP contribution in [0.3, 0.4) is 0 Å². The third kappa shape index (κ3) is 2.92. The normalized spacial score (nSPS) is 39.6. The summed E-state index contributed by atoms with van der Waals surface area (Å²) < 4.78 is 5.84. The van der Waals surface area contributed by atoms with Gasteiger partial charge in [-0.15, -0.1) is 0 Å². The van der Waals surface area contributed by atoms with Crippen LogP contribution in [0.1, 0.15) is 65.2 Å². The van der Waals surface area contributed by atoms with Crippen molar-refractivity contribution < 1.29 is 9.84 Å². The quantitative estimate of drug-likeness (QED) is 0.745. The Bertz CT molecular complexity index is 297. The Labute approximate surface area is 105 Å². The molecule has 2 nitrogen and oxygen atoms in total. The highest BCUT2D eigenvalue weighted by atomic mass is 16.5. The Morgan fingerprint density at radius 1 is 1.35 bits per heavy atom. The van der Waals surface area contributed by atoms with Crippen LogP contribution < -0.4 is 0 Å². The van der Waals surface area contributed by atoms with Crippen molar-refractivity contribution in [3.63, 3.8) is 0 Å². The largest absolute Gasteiger partial charge is 0.385 e.